The number of H-pyrrole nitrogens is 1. The van der Waals surface area contributed by atoms with Crippen molar-refractivity contribution in [2.45, 2.75) is 6.04 Å². The third kappa shape index (κ3) is 2.47. The number of ether oxygens (including phenoxy) is 1. The highest BCUT2D eigenvalue weighted by Gasteiger charge is 2.23. The molecule has 0 saturated carbocycles. The Morgan fingerprint density at radius 1 is 1.04 bits per heavy atom. The van der Waals surface area contributed by atoms with Gasteiger partial charge in [-0.15, -0.1) is 0 Å². The highest BCUT2D eigenvalue weighted by atomic mass is 16.5. The zero-order valence-electron chi connectivity index (χ0n) is 14.7. The largest absolute Gasteiger partial charge is 0.497 e. The second kappa shape index (κ2) is 5.99. The lowest BCUT2D eigenvalue weighted by molar-refractivity contribution is -0.115. The molecule has 0 bridgehead atoms. The van der Waals surface area contributed by atoms with Crippen LogP contribution in [0.3, 0.4) is 0 Å². The first-order chi connectivity index (χ1) is 13.2. The number of carbonyl (C=O) groups excluding carboxylic acids is 1. The Bertz CT molecular complexity index is 1210. The molecule has 5 heteroatoms. The van der Waals surface area contributed by atoms with Crippen molar-refractivity contribution in [2.24, 2.45) is 0 Å². The van der Waals surface area contributed by atoms with E-state index in [4.69, 9.17) is 4.74 Å². The minimum Gasteiger partial charge on any atom is -0.497 e. The smallest absolute Gasteiger partial charge is 0.245 e. The SMILES string of the molecule is COc1ccc([C@@H]2NC(=O)C=c3c2c[nH]nc2ccc4cccc3c4-2)cc1. The first kappa shape index (κ1) is 15.6. The van der Waals surface area contributed by atoms with Crippen molar-refractivity contribution in [1.82, 2.24) is 15.5 Å². The Hall–Kier alpha value is -3.60. The van der Waals surface area contributed by atoms with Crippen LogP contribution >= 0.6 is 0 Å². The van der Waals surface area contributed by atoms with Gasteiger partial charge in [-0.3, -0.25) is 9.89 Å². The molecule has 0 spiro atoms. The van der Waals surface area contributed by atoms with Gasteiger partial charge in [0.2, 0.25) is 5.91 Å². The predicted molar refractivity (Wildman–Crippen MR) is 104 cm³/mol. The summed E-state index contributed by atoms with van der Waals surface area (Å²) >= 11 is 0. The van der Waals surface area contributed by atoms with E-state index < -0.39 is 0 Å². The van der Waals surface area contributed by atoms with E-state index in [2.05, 4.69) is 33.7 Å². The normalized spacial score (nSPS) is 15.9. The Kier molecular flexibility index (Phi) is 3.47. The summed E-state index contributed by atoms with van der Waals surface area (Å²) in [6.45, 7) is 0. The van der Waals surface area contributed by atoms with Gasteiger partial charge in [-0.25, -0.2) is 0 Å². The number of fused-ring (bicyclic) bond motifs is 2. The van der Waals surface area contributed by atoms with Gasteiger partial charge in [0, 0.05) is 23.4 Å². The molecule has 5 rings (SSSR count). The molecule has 1 amide bonds. The molecule has 0 saturated heterocycles. The van der Waals surface area contributed by atoms with Crippen molar-refractivity contribution in [3.63, 3.8) is 0 Å². The summed E-state index contributed by atoms with van der Waals surface area (Å²) in [7, 11) is 1.64. The number of aromatic amines is 1. The minimum atomic E-state index is -0.266. The van der Waals surface area contributed by atoms with E-state index in [-0.39, 0.29) is 11.9 Å². The molecule has 0 radical (unpaired) electrons. The highest BCUT2D eigenvalue weighted by molar-refractivity contribution is 6.08. The number of carbonyl (C=O) groups is 1. The molecule has 0 aromatic heterocycles. The topological polar surface area (TPSA) is 67.0 Å². The molecule has 0 unspecified atom stereocenters. The number of nitrogens with one attached hydrogen (secondary N) is 2. The maximum atomic E-state index is 12.5. The van der Waals surface area contributed by atoms with Crippen LogP contribution in [0.1, 0.15) is 17.2 Å². The molecule has 1 atom stereocenters. The summed E-state index contributed by atoms with van der Waals surface area (Å²) in [4.78, 5) is 12.5. The van der Waals surface area contributed by atoms with E-state index in [1.807, 2.05) is 42.6 Å². The summed E-state index contributed by atoms with van der Waals surface area (Å²) in [5.74, 6) is 0.674. The van der Waals surface area contributed by atoms with E-state index in [1.165, 1.54) is 0 Å². The van der Waals surface area contributed by atoms with E-state index in [0.717, 1.165) is 44.1 Å². The Morgan fingerprint density at radius 3 is 2.70 bits per heavy atom. The standard InChI is InChI=1S/C22H17N3O2/c1-27-15-8-5-14(6-9-15)22-18-12-23-25-19-10-7-13-3-2-4-16(21(13)19)17(18)11-20(26)24-22/h2-12,22-23H,1H3,(H,24,26)/t22-/m0/s1. The van der Waals surface area contributed by atoms with Gasteiger partial charge in [0.05, 0.1) is 18.8 Å². The molecule has 0 fully saturated rings. The van der Waals surface area contributed by atoms with Crippen molar-refractivity contribution < 1.29 is 9.53 Å². The predicted octanol–water partition coefficient (Wildman–Crippen LogP) is 2.96. The average Bonchev–Trinajstić information content (AvgIpc) is 3.10. The lowest BCUT2D eigenvalue weighted by atomic mass is 9.93. The minimum absolute atomic E-state index is 0.106. The first-order valence-electron chi connectivity index (χ1n) is 8.76. The Balaban J connectivity index is 1.82. The summed E-state index contributed by atoms with van der Waals surface area (Å²) < 4.78 is 5.25. The summed E-state index contributed by atoms with van der Waals surface area (Å²) in [5.41, 5.74) is 3.90. The van der Waals surface area contributed by atoms with Gasteiger partial charge in [0.1, 0.15) is 5.75 Å². The van der Waals surface area contributed by atoms with Gasteiger partial charge in [-0.2, -0.15) is 5.10 Å². The van der Waals surface area contributed by atoms with Crippen molar-refractivity contribution in [3.8, 4) is 17.0 Å². The Morgan fingerprint density at radius 2 is 1.89 bits per heavy atom. The number of methoxy groups -OCH3 is 1. The van der Waals surface area contributed by atoms with Crippen molar-refractivity contribution in [1.29, 1.82) is 0 Å². The number of hydrogen-bond donors (Lipinski definition) is 2. The molecular formula is C22H17N3O2. The lowest BCUT2D eigenvalue weighted by Crippen LogP contribution is -2.37. The molecular weight excluding hydrogens is 338 g/mol. The average molecular weight is 355 g/mol. The van der Waals surface area contributed by atoms with Gasteiger partial charge >= 0.3 is 0 Å². The Labute approximate surface area is 155 Å². The van der Waals surface area contributed by atoms with Crippen LogP contribution in [-0.2, 0) is 4.79 Å². The summed E-state index contributed by atoms with van der Waals surface area (Å²) in [6, 6.07) is 17.6. The third-order valence-electron chi connectivity index (χ3n) is 5.10. The van der Waals surface area contributed by atoms with Crippen LogP contribution in [0.4, 0.5) is 0 Å². The van der Waals surface area contributed by atoms with Crippen molar-refractivity contribution in [3.05, 3.63) is 77.1 Å². The third-order valence-corrected chi connectivity index (χ3v) is 5.10. The zero-order valence-corrected chi connectivity index (χ0v) is 14.7. The molecule has 27 heavy (non-hydrogen) atoms. The number of benzene rings is 2. The fraction of sp³-hybridized carbons (Fsp3) is 0.0909. The monoisotopic (exact) mass is 355 g/mol. The molecule has 2 N–H and O–H groups in total. The maximum Gasteiger partial charge on any atom is 0.245 e. The highest BCUT2D eigenvalue weighted by Crippen LogP contribution is 2.31. The molecule has 2 aromatic carbocycles. The number of aromatic nitrogens is 2. The van der Waals surface area contributed by atoms with Gasteiger partial charge in [0.15, 0.2) is 0 Å². The molecule has 132 valence electrons. The van der Waals surface area contributed by atoms with Crippen LogP contribution in [-0.4, -0.2) is 23.2 Å². The van der Waals surface area contributed by atoms with Gasteiger partial charge < -0.3 is 10.1 Å². The lowest BCUT2D eigenvalue weighted by Gasteiger charge is -2.23. The second-order valence-electron chi connectivity index (χ2n) is 6.60. The molecule has 3 aliphatic rings. The van der Waals surface area contributed by atoms with Crippen LogP contribution in [0, 0.1) is 0 Å². The molecule has 5 nitrogen and oxygen atoms in total. The van der Waals surface area contributed by atoms with Gasteiger partial charge in [-0.1, -0.05) is 36.4 Å². The summed E-state index contributed by atoms with van der Waals surface area (Å²) in [5, 5.41) is 13.7. The zero-order chi connectivity index (χ0) is 18.4. The number of nitrogens with zero attached hydrogens (tertiary/aromatic N) is 1. The molecule has 2 aliphatic heterocycles. The van der Waals surface area contributed by atoms with E-state index in [9.17, 15) is 4.79 Å². The first-order valence-corrected chi connectivity index (χ1v) is 8.76. The fourth-order valence-electron chi connectivity index (χ4n) is 3.82. The second-order valence-corrected chi connectivity index (χ2v) is 6.60. The van der Waals surface area contributed by atoms with Crippen LogP contribution in [0.15, 0.2) is 60.8 Å². The van der Waals surface area contributed by atoms with Crippen molar-refractivity contribution in [2.75, 3.05) is 7.11 Å². The molecule has 2 heterocycles. The van der Waals surface area contributed by atoms with Crippen LogP contribution in [0.5, 0.6) is 5.75 Å². The van der Waals surface area contributed by atoms with Crippen LogP contribution in [0.2, 0.25) is 0 Å². The molecule has 1 aliphatic carbocycles. The maximum absolute atomic E-state index is 12.5. The number of rotatable bonds is 2. The molecule has 2 aromatic rings. The fourth-order valence-corrected chi connectivity index (χ4v) is 3.82. The number of hydrogen-bond acceptors (Lipinski definition) is 3. The van der Waals surface area contributed by atoms with Crippen LogP contribution < -0.4 is 15.3 Å². The quantitative estimate of drug-likeness (QED) is 0.581. The number of amides is 1. The van der Waals surface area contributed by atoms with Gasteiger partial charge in [-0.05, 0) is 39.8 Å². The summed E-state index contributed by atoms with van der Waals surface area (Å²) in [6.07, 6.45) is 3.54. The van der Waals surface area contributed by atoms with E-state index in [0.29, 0.717) is 0 Å². The van der Waals surface area contributed by atoms with E-state index >= 15 is 0 Å². The van der Waals surface area contributed by atoms with Crippen molar-refractivity contribution >= 4 is 22.8 Å². The van der Waals surface area contributed by atoms with Crippen LogP contribution in [0.25, 0.3) is 28.1 Å². The van der Waals surface area contributed by atoms with Gasteiger partial charge in [0.25, 0.3) is 0 Å². The van der Waals surface area contributed by atoms with E-state index in [1.54, 1.807) is 13.2 Å².